The lowest BCUT2D eigenvalue weighted by atomic mass is 9.80. The number of thioether (sulfide) groups is 1. The summed E-state index contributed by atoms with van der Waals surface area (Å²) in [5.41, 5.74) is 5.77. The van der Waals surface area contributed by atoms with Crippen LogP contribution < -0.4 is 0 Å². The number of likely N-dealkylation sites (N-methyl/N-ethyl adjacent to an activating group) is 1. The van der Waals surface area contributed by atoms with Crippen molar-refractivity contribution in [2.45, 2.75) is 12.5 Å². The molecule has 2 aromatic rings. The summed E-state index contributed by atoms with van der Waals surface area (Å²) in [6, 6.07) is 7.23. The van der Waals surface area contributed by atoms with Gasteiger partial charge in [0.05, 0.1) is 0 Å². The number of nitrogens with zero attached hydrogens (tertiary/aromatic N) is 1. The van der Waals surface area contributed by atoms with Crippen molar-refractivity contribution in [1.82, 2.24) is 9.88 Å². The Hall–Kier alpha value is -1.19. The molecule has 0 spiro atoms. The molecule has 0 amide bonds. The van der Waals surface area contributed by atoms with Gasteiger partial charge in [-0.2, -0.15) is 11.8 Å². The van der Waals surface area contributed by atoms with Crippen LogP contribution in [0.2, 0.25) is 0 Å². The molecule has 0 unspecified atom stereocenters. The molecule has 0 saturated carbocycles. The lowest BCUT2D eigenvalue weighted by Gasteiger charge is -2.39. The van der Waals surface area contributed by atoms with Crippen LogP contribution >= 0.6 is 11.8 Å². The first-order valence-electron chi connectivity index (χ1n) is 7.28. The zero-order valence-corrected chi connectivity index (χ0v) is 12.8. The zero-order valence-electron chi connectivity index (χ0n) is 12.0. The molecule has 0 radical (unpaired) electrons. The van der Waals surface area contributed by atoms with E-state index in [-0.39, 0.29) is 0 Å². The van der Waals surface area contributed by atoms with Crippen molar-refractivity contribution in [2.75, 3.05) is 25.6 Å². The van der Waals surface area contributed by atoms with Crippen molar-refractivity contribution in [1.29, 1.82) is 0 Å². The van der Waals surface area contributed by atoms with Gasteiger partial charge in [0.2, 0.25) is 0 Å². The molecule has 0 bridgehead atoms. The summed E-state index contributed by atoms with van der Waals surface area (Å²) in [5, 5.41) is 1.45. The van der Waals surface area contributed by atoms with Crippen LogP contribution in [0.4, 0.5) is 0 Å². The van der Waals surface area contributed by atoms with Crippen molar-refractivity contribution >= 4 is 28.2 Å². The maximum absolute atomic E-state index is 3.43. The van der Waals surface area contributed by atoms with Crippen molar-refractivity contribution in [3.63, 3.8) is 0 Å². The molecule has 3 heteroatoms. The van der Waals surface area contributed by atoms with Crippen LogP contribution in [0.1, 0.15) is 11.1 Å². The smallest absolute Gasteiger partial charge is 0.0462 e. The van der Waals surface area contributed by atoms with Crippen LogP contribution in [0.15, 0.2) is 30.5 Å². The Balaban J connectivity index is 1.89. The lowest BCUT2D eigenvalue weighted by molar-refractivity contribution is 0.253. The molecule has 1 N–H and O–H groups in total. The Morgan fingerprint density at radius 1 is 1.40 bits per heavy atom. The number of hydrogen-bond acceptors (Lipinski definition) is 2. The van der Waals surface area contributed by atoms with E-state index in [1.54, 1.807) is 5.57 Å². The third-order valence-corrected chi connectivity index (χ3v) is 5.48. The Morgan fingerprint density at radius 2 is 2.30 bits per heavy atom. The van der Waals surface area contributed by atoms with Gasteiger partial charge in [-0.3, -0.25) is 4.90 Å². The molecule has 20 heavy (non-hydrogen) atoms. The minimum atomic E-state index is 0.557. The molecule has 1 aliphatic heterocycles. The fourth-order valence-electron chi connectivity index (χ4n) is 3.87. The Kier molecular flexibility index (Phi) is 2.93. The van der Waals surface area contributed by atoms with E-state index in [1.165, 1.54) is 34.3 Å². The van der Waals surface area contributed by atoms with Crippen LogP contribution in [0.25, 0.3) is 16.5 Å². The van der Waals surface area contributed by atoms with Crippen LogP contribution in [-0.4, -0.2) is 41.5 Å². The van der Waals surface area contributed by atoms with Crippen LogP contribution in [0, 0.1) is 5.92 Å². The summed E-state index contributed by atoms with van der Waals surface area (Å²) in [6.07, 6.45) is 8.10. The minimum absolute atomic E-state index is 0.557. The first-order chi connectivity index (χ1) is 9.78. The van der Waals surface area contributed by atoms with Crippen molar-refractivity contribution in [3.05, 3.63) is 41.6 Å². The van der Waals surface area contributed by atoms with Crippen molar-refractivity contribution in [2.24, 2.45) is 5.92 Å². The molecule has 2 atom stereocenters. The molecule has 104 valence electrons. The SMILES string of the molecule is CSC[C@@H]1C=C2c3cccc4[nH]cc(c34)C[C@H]2N(C)C1. The van der Waals surface area contributed by atoms with Crippen molar-refractivity contribution < 1.29 is 0 Å². The van der Waals surface area contributed by atoms with Crippen LogP contribution in [0.3, 0.4) is 0 Å². The van der Waals surface area contributed by atoms with E-state index < -0.39 is 0 Å². The molecule has 2 heterocycles. The van der Waals surface area contributed by atoms with E-state index in [1.807, 2.05) is 11.8 Å². The van der Waals surface area contributed by atoms with Gasteiger partial charge in [-0.1, -0.05) is 18.2 Å². The van der Waals surface area contributed by atoms with Gasteiger partial charge in [0, 0.05) is 35.4 Å². The van der Waals surface area contributed by atoms with E-state index in [9.17, 15) is 0 Å². The number of hydrogen-bond donors (Lipinski definition) is 1. The highest BCUT2D eigenvalue weighted by Gasteiger charge is 2.33. The third kappa shape index (κ3) is 1.76. The molecular formula is C17H20N2S. The van der Waals surface area contributed by atoms with Gasteiger partial charge in [-0.15, -0.1) is 0 Å². The number of fused-ring (bicyclic) bond motifs is 2. The zero-order chi connectivity index (χ0) is 13.7. The normalized spacial score (nSPS) is 25.6. The van der Waals surface area contributed by atoms with E-state index in [0.29, 0.717) is 12.0 Å². The first kappa shape index (κ1) is 12.5. The number of aromatic amines is 1. The molecule has 1 aromatic heterocycles. The largest absolute Gasteiger partial charge is 0.361 e. The summed E-state index contributed by atoms with van der Waals surface area (Å²) in [7, 11) is 2.28. The number of benzene rings is 1. The highest BCUT2D eigenvalue weighted by Crippen LogP contribution is 2.40. The second-order valence-electron chi connectivity index (χ2n) is 6.04. The van der Waals surface area contributed by atoms with E-state index in [4.69, 9.17) is 0 Å². The lowest BCUT2D eigenvalue weighted by Crippen LogP contribution is -2.42. The predicted octanol–water partition coefficient (Wildman–Crippen LogP) is 3.40. The maximum Gasteiger partial charge on any atom is 0.0462 e. The number of aromatic nitrogens is 1. The van der Waals surface area contributed by atoms with Gasteiger partial charge < -0.3 is 4.98 Å². The average molecular weight is 284 g/mol. The fourth-order valence-corrected chi connectivity index (χ4v) is 4.50. The number of rotatable bonds is 2. The topological polar surface area (TPSA) is 19.0 Å². The Morgan fingerprint density at radius 3 is 3.15 bits per heavy atom. The highest BCUT2D eigenvalue weighted by atomic mass is 32.2. The van der Waals surface area contributed by atoms with Crippen molar-refractivity contribution in [3.8, 4) is 0 Å². The Labute approximate surface area is 124 Å². The molecule has 4 rings (SSSR count). The summed E-state index contributed by atoms with van der Waals surface area (Å²) in [6.45, 7) is 1.19. The van der Waals surface area contributed by atoms with Gasteiger partial charge in [0.15, 0.2) is 0 Å². The second kappa shape index (κ2) is 4.68. The molecule has 2 aliphatic rings. The van der Waals surface area contributed by atoms with Crippen LogP contribution in [0.5, 0.6) is 0 Å². The minimum Gasteiger partial charge on any atom is -0.361 e. The number of H-pyrrole nitrogens is 1. The predicted molar refractivity (Wildman–Crippen MR) is 88.3 cm³/mol. The van der Waals surface area contributed by atoms with Gasteiger partial charge in [0.25, 0.3) is 0 Å². The third-order valence-electron chi connectivity index (χ3n) is 4.72. The summed E-state index contributed by atoms with van der Waals surface area (Å²) in [5.74, 6) is 1.90. The quantitative estimate of drug-likeness (QED) is 0.911. The molecule has 1 aromatic carbocycles. The summed E-state index contributed by atoms with van der Waals surface area (Å²) < 4.78 is 0. The van der Waals surface area contributed by atoms with E-state index in [2.05, 4.69) is 53.7 Å². The molecule has 1 aliphatic carbocycles. The number of nitrogens with one attached hydrogen (secondary N) is 1. The first-order valence-corrected chi connectivity index (χ1v) is 8.67. The summed E-state index contributed by atoms with van der Waals surface area (Å²) >= 11 is 1.95. The van der Waals surface area contributed by atoms with Gasteiger partial charge in [-0.25, -0.2) is 0 Å². The summed E-state index contributed by atoms with van der Waals surface area (Å²) in [4.78, 5) is 5.98. The van der Waals surface area contributed by atoms with Gasteiger partial charge >= 0.3 is 0 Å². The highest BCUT2D eigenvalue weighted by molar-refractivity contribution is 7.98. The average Bonchev–Trinajstić information content (AvgIpc) is 2.86. The fraction of sp³-hybridized carbons (Fsp3) is 0.412. The maximum atomic E-state index is 3.43. The molecule has 2 nitrogen and oxygen atoms in total. The van der Waals surface area contributed by atoms with Gasteiger partial charge in [0.1, 0.15) is 0 Å². The standard InChI is InChI=1S/C17H20N2S/c1-19-9-11(10-20-2)6-14-13-4-3-5-15-17(13)12(8-18-15)7-16(14)19/h3-6,8,11,16,18H,7,9-10H2,1-2H3/t11-,16-/m1/s1. The van der Waals surface area contributed by atoms with E-state index >= 15 is 0 Å². The van der Waals surface area contributed by atoms with Crippen LogP contribution in [-0.2, 0) is 6.42 Å². The molecule has 0 saturated heterocycles. The Bertz CT molecular complexity index is 685. The van der Waals surface area contributed by atoms with Gasteiger partial charge in [-0.05, 0) is 48.4 Å². The molecule has 0 fully saturated rings. The molecular weight excluding hydrogens is 264 g/mol. The monoisotopic (exact) mass is 284 g/mol. The second-order valence-corrected chi connectivity index (χ2v) is 6.95. The van der Waals surface area contributed by atoms with E-state index in [0.717, 1.165) is 6.42 Å².